The summed E-state index contributed by atoms with van der Waals surface area (Å²) in [7, 11) is 3.29. The van der Waals surface area contributed by atoms with E-state index in [1.54, 1.807) is 56.9 Å². The van der Waals surface area contributed by atoms with Crippen LogP contribution in [0.2, 0.25) is 0 Å². The number of amides is 2. The SMILES string of the molecule is CN=CC(=CN)c1ccc(C2CCN(C(=O)c3ccc(C)c(NC(=O)c4cccc(OC)c4)c3)CC2)cc1. The second-order valence-corrected chi connectivity index (χ2v) is 9.41. The third kappa shape index (κ3) is 6.11. The number of allylic oxidation sites excluding steroid dienone is 1. The number of aliphatic imine (C=N–C) groups is 1. The van der Waals surface area contributed by atoms with Crippen molar-refractivity contribution in [1.29, 1.82) is 0 Å². The van der Waals surface area contributed by atoms with Crippen LogP contribution in [0.15, 0.2) is 77.9 Å². The second-order valence-electron chi connectivity index (χ2n) is 9.41. The lowest BCUT2D eigenvalue weighted by molar-refractivity contribution is 0.0712. The first-order chi connectivity index (χ1) is 18.4. The third-order valence-corrected chi connectivity index (χ3v) is 7.01. The molecule has 3 aromatic carbocycles. The fourth-order valence-electron chi connectivity index (χ4n) is 4.75. The molecule has 0 aliphatic carbocycles. The predicted molar refractivity (Wildman–Crippen MR) is 153 cm³/mol. The summed E-state index contributed by atoms with van der Waals surface area (Å²) in [6.07, 6.45) is 5.10. The number of anilines is 1. The first kappa shape index (κ1) is 26.7. The van der Waals surface area contributed by atoms with E-state index in [9.17, 15) is 9.59 Å². The fourth-order valence-corrected chi connectivity index (χ4v) is 4.75. The number of hydrogen-bond donors (Lipinski definition) is 2. The largest absolute Gasteiger partial charge is 0.497 e. The molecule has 1 fully saturated rings. The second kappa shape index (κ2) is 12.2. The average molecular weight is 511 g/mol. The molecule has 38 heavy (non-hydrogen) atoms. The van der Waals surface area contributed by atoms with Crippen LogP contribution in [0.1, 0.15) is 56.2 Å². The van der Waals surface area contributed by atoms with Crippen LogP contribution in [-0.2, 0) is 0 Å². The molecule has 0 saturated carbocycles. The fraction of sp³-hybridized carbons (Fsp3) is 0.258. The summed E-state index contributed by atoms with van der Waals surface area (Å²) in [5.74, 6) is 0.737. The Morgan fingerprint density at radius 1 is 1.00 bits per heavy atom. The molecule has 196 valence electrons. The topological polar surface area (TPSA) is 97.0 Å². The Kier molecular flexibility index (Phi) is 8.58. The number of nitrogens with zero attached hydrogens (tertiary/aromatic N) is 2. The Labute approximate surface area is 224 Å². The number of rotatable bonds is 7. The van der Waals surface area contributed by atoms with E-state index >= 15 is 0 Å². The highest BCUT2D eigenvalue weighted by atomic mass is 16.5. The Bertz CT molecular complexity index is 1350. The van der Waals surface area contributed by atoms with Gasteiger partial charge < -0.3 is 20.7 Å². The van der Waals surface area contributed by atoms with E-state index in [0.29, 0.717) is 41.6 Å². The summed E-state index contributed by atoms with van der Waals surface area (Å²) in [6.45, 7) is 3.27. The summed E-state index contributed by atoms with van der Waals surface area (Å²) in [6, 6.07) is 20.9. The maximum Gasteiger partial charge on any atom is 0.255 e. The van der Waals surface area contributed by atoms with Gasteiger partial charge in [0.2, 0.25) is 0 Å². The van der Waals surface area contributed by atoms with Gasteiger partial charge >= 0.3 is 0 Å². The zero-order valence-electron chi connectivity index (χ0n) is 22.1. The molecule has 0 spiro atoms. The highest BCUT2D eigenvalue weighted by molar-refractivity contribution is 6.09. The number of carbonyl (C=O) groups is 2. The standard InChI is InChI=1S/C31H34N4O3/c1-21-7-8-26(18-29(21)34-30(36)25-5-4-6-28(17-25)38-3)31(37)35-15-13-24(14-16-35)22-9-11-23(12-10-22)27(19-32)20-33-2/h4-12,17-20,24H,13-16,32H2,1-3H3,(H,34,36). The van der Waals surface area contributed by atoms with Gasteiger partial charge in [0.1, 0.15) is 5.75 Å². The number of likely N-dealkylation sites (tertiary alicyclic amines) is 1. The molecule has 0 aromatic heterocycles. The number of carbonyl (C=O) groups excluding carboxylic acids is 2. The zero-order chi connectivity index (χ0) is 27.1. The van der Waals surface area contributed by atoms with Gasteiger partial charge in [0.05, 0.1) is 7.11 Å². The van der Waals surface area contributed by atoms with Crippen LogP contribution in [-0.4, -0.2) is 50.2 Å². The molecule has 0 bridgehead atoms. The first-order valence-electron chi connectivity index (χ1n) is 12.7. The molecule has 3 N–H and O–H groups in total. The zero-order valence-corrected chi connectivity index (χ0v) is 22.1. The minimum absolute atomic E-state index is 0.0211. The van der Waals surface area contributed by atoms with E-state index in [1.807, 2.05) is 24.0 Å². The maximum atomic E-state index is 13.3. The van der Waals surface area contributed by atoms with Gasteiger partial charge in [0, 0.05) is 54.9 Å². The van der Waals surface area contributed by atoms with Crippen LogP contribution in [0.4, 0.5) is 5.69 Å². The van der Waals surface area contributed by atoms with Gasteiger partial charge in [-0.25, -0.2) is 0 Å². The predicted octanol–water partition coefficient (Wildman–Crippen LogP) is 5.28. The molecule has 1 aliphatic heterocycles. The van der Waals surface area contributed by atoms with E-state index in [2.05, 4.69) is 34.6 Å². The smallest absolute Gasteiger partial charge is 0.255 e. The molecule has 0 atom stereocenters. The number of ether oxygens (including phenoxy) is 1. The first-order valence-corrected chi connectivity index (χ1v) is 12.7. The van der Waals surface area contributed by atoms with Gasteiger partial charge in [-0.1, -0.05) is 36.4 Å². The monoisotopic (exact) mass is 510 g/mol. The van der Waals surface area contributed by atoms with Crippen LogP contribution >= 0.6 is 0 Å². The van der Waals surface area contributed by atoms with Crippen molar-refractivity contribution in [3.05, 3.63) is 101 Å². The molecule has 1 aliphatic rings. The maximum absolute atomic E-state index is 13.3. The molecule has 4 rings (SSSR count). The van der Waals surface area contributed by atoms with Crippen LogP contribution in [0.5, 0.6) is 5.75 Å². The number of hydrogen-bond acceptors (Lipinski definition) is 5. The summed E-state index contributed by atoms with van der Waals surface area (Å²) in [5.41, 5.74) is 11.5. The van der Waals surface area contributed by atoms with E-state index < -0.39 is 0 Å². The van der Waals surface area contributed by atoms with Gasteiger partial charge in [0.15, 0.2) is 0 Å². The minimum atomic E-state index is -0.250. The van der Waals surface area contributed by atoms with Crippen molar-refractivity contribution in [2.75, 3.05) is 32.6 Å². The van der Waals surface area contributed by atoms with Crippen molar-refractivity contribution in [2.45, 2.75) is 25.7 Å². The van der Waals surface area contributed by atoms with Gasteiger partial charge in [-0.15, -0.1) is 0 Å². The third-order valence-electron chi connectivity index (χ3n) is 7.01. The van der Waals surface area contributed by atoms with Crippen molar-refractivity contribution in [1.82, 2.24) is 4.90 Å². The normalized spacial score (nSPS) is 14.5. The van der Waals surface area contributed by atoms with Gasteiger partial charge in [-0.2, -0.15) is 0 Å². The summed E-state index contributed by atoms with van der Waals surface area (Å²) in [4.78, 5) is 32.1. The highest BCUT2D eigenvalue weighted by Crippen LogP contribution is 2.30. The number of nitrogens with one attached hydrogen (secondary N) is 1. The number of nitrogens with two attached hydrogens (primary N) is 1. The molecule has 2 amide bonds. The van der Waals surface area contributed by atoms with Crippen LogP contribution in [0, 0.1) is 6.92 Å². The van der Waals surface area contributed by atoms with Crippen molar-refractivity contribution < 1.29 is 14.3 Å². The Balaban J connectivity index is 1.40. The van der Waals surface area contributed by atoms with E-state index in [4.69, 9.17) is 10.5 Å². The summed E-state index contributed by atoms with van der Waals surface area (Å²) in [5, 5.41) is 2.94. The van der Waals surface area contributed by atoms with Crippen molar-refractivity contribution in [3.63, 3.8) is 0 Å². The molecule has 7 heteroatoms. The van der Waals surface area contributed by atoms with E-state index in [1.165, 1.54) is 5.56 Å². The molecule has 0 radical (unpaired) electrons. The molecular formula is C31H34N4O3. The molecule has 0 unspecified atom stereocenters. The number of aryl methyl sites for hydroxylation is 1. The number of methoxy groups -OCH3 is 1. The van der Waals surface area contributed by atoms with E-state index in [0.717, 1.165) is 29.5 Å². The Morgan fingerprint density at radius 3 is 2.37 bits per heavy atom. The lowest BCUT2D eigenvalue weighted by Crippen LogP contribution is -2.38. The number of piperidine rings is 1. The van der Waals surface area contributed by atoms with Crippen LogP contribution in [0.3, 0.4) is 0 Å². The van der Waals surface area contributed by atoms with Crippen molar-refractivity contribution in [3.8, 4) is 5.75 Å². The molecule has 7 nitrogen and oxygen atoms in total. The van der Waals surface area contributed by atoms with Crippen molar-refractivity contribution in [2.24, 2.45) is 10.7 Å². The molecule has 3 aromatic rings. The summed E-state index contributed by atoms with van der Waals surface area (Å²) >= 11 is 0. The lowest BCUT2D eigenvalue weighted by Gasteiger charge is -2.32. The molecule has 1 saturated heterocycles. The number of benzene rings is 3. The minimum Gasteiger partial charge on any atom is -0.497 e. The van der Waals surface area contributed by atoms with Crippen LogP contribution < -0.4 is 15.8 Å². The average Bonchev–Trinajstić information content (AvgIpc) is 2.97. The Morgan fingerprint density at radius 2 is 1.71 bits per heavy atom. The quantitative estimate of drug-likeness (QED) is 0.423. The van der Waals surface area contributed by atoms with Gasteiger partial charge in [-0.3, -0.25) is 14.6 Å². The molecule has 1 heterocycles. The van der Waals surface area contributed by atoms with Gasteiger partial charge in [-0.05, 0) is 72.7 Å². The van der Waals surface area contributed by atoms with Gasteiger partial charge in [0.25, 0.3) is 11.8 Å². The lowest BCUT2D eigenvalue weighted by atomic mass is 9.88. The Hall–Kier alpha value is -4.39. The summed E-state index contributed by atoms with van der Waals surface area (Å²) < 4.78 is 5.22. The van der Waals surface area contributed by atoms with Crippen LogP contribution in [0.25, 0.3) is 5.57 Å². The highest BCUT2D eigenvalue weighted by Gasteiger charge is 2.25. The van der Waals surface area contributed by atoms with Crippen molar-refractivity contribution >= 4 is 29.3 Å². The van der Waals surface area contributed by atoms with E-state index in [-0.39, 0.29) is 11.8 Å². The molecular weight excluding hydrogens is 476 g/mol.